The molecule has 0 unspecified atom stereocenters. The van der Waals surface area contributed by atoms with Gasteiger partial charge in [-0.25, -0.2) is 9.59 Å². The van der Waals surface area contributed by atoms with Gasteiger partial charge in [-0.05, 0) is 44.0 Å². The maximum atomic E-state index is 11.8. The van der Waals surface area contributed by atoms with E-state index < -0.39 is 18.0 Å². The minimum absolute atomic E-state index is 0.0428. The molecule has 6 nitrogen and oxygen atoms in total. The summed E-state index contributed by atoms with van der Waals surface area (Å²) in [6, 6.07) is 4.80. The Kier molecular flexibility index (Phi) is 4.26. The third kappa shape index (κ3) is 3.21. The molecular weight excluding hydrogens is 272 g/mol. The third-order valence-corrected chi connectivity index (χ3v) is 3.18. The SMILES string of the molecule is CCOC(=O)C1=NN(c2cc(C)cc(C)c2)[C@@H](C(=O)O)C1. The molecule has 0 saturated heterocycles. The summed E-state index contributed by atoms with van der Waals surface area (Å²) in [5.41, 5.74) is 2.82. The minimum Gasteiger partial charge on any atom is -0.480 e. The Morgan fingerprint density at radius 1 is 1.33 bits per heavy atom. The second-order valence-corrected chi connectivity index (χ2v) is 5.02. The highest BCUT2D eigenvalue weighted by atomic mass is 16.5. The van der Waals surface area contributed by atoms with Crippen LogP contribution in [0.15, 0.2) is 23.3 Å². The molecule has 1 heterocycles. The number of ether oxygens (including phenoxy) is 1. The van der Waals surface area contributed by atoms with Crippen LogP contribution in [0.5, 0.6) is 0 Å². The number of carboxylic acid groups (broad SMARTS) is 1. The zero-order valence-electron chi connectivity index (χ0n) is 12.3. The number of aryl methyl sites for hydroxylation is 2. The molecule has 1 aliphatic heterocycles. The summed E-state index contributed by atoms with van der Waals surface area (Å²) in [6.45, 7) is 5.79. The molecule has 1 N–H and O–H groups in total. The van der Waals surface area contributed by atoms with Gasteiger partial charge < -0.3 is 9.84 Å². The Hall–Kier alpha value is -2.37. The van der Waals surface area contributed by atoms with E-state index in [1.807, 2.05) is 32.0 Å². The summed E-state index contributed by atoms with van der Waals surface area (Å²) >= 11 is 0. The van der Waals surface area contributed by atoms with Crippen LogP contribution in [-0.4, -0.2) is 35.4 Å². The fourth-order valence-corrected chi connectivity index (χ4v) is 2.36. The molecule has 21 heavy (non-hydrogen) atoms. The second kappa shape index (κ2) is 5.95. The predicted molar refractivity (Wildman–Crippen MR) is 78.5 cm³/mol. The lowest BCUT2D eigenvalue weighted by Crippen LogP contribution is -2.34. The first-order valence-corrected chi connectivity index (χ1v) is 6.77. The molecule has 0 radical (unpaired) electrons. The smallest absolute Gasteiger partial charge is 0.354 e. The molecule has 1 aliphatic rings. The number of carbonyl (C=O) groups is 2. The van der Waals surface area contributed by atoms with Gasteiger partial charge in [0.25, 0.3) is 0 Å². The van der Waals surface area contributed by atoms with Crippen molar-refractivity contribution in [2.24, 2.45) is 5.10 Å². The third-order valence-electron chi connectivity index (χ3n) is 3.18. The average molecular weight is 290 g/mol. The highest BCUT2D eigenvalue weighted by Crippen LogP contribution is 2.27. The molecule has 0 aliphatic carbocycles. The van der Waals surface area contributed by atoms with Gasteiger partial charge in [0.2, 0.25) is 0 Å². The maximum Gasteiger partial charge on any atom is 0.354 e. The van der Waals surface area contributed by atoms with Crippen LogP contribution in [0.25, 0.3) is 0 Å². The van der Waals surface area contributed by atoms with Gasteiger partial charge in [-0.3, -0.25) is 5.01 Å². The van der Waals surface area contributed by atoms with Crippen molar-refractivity contribution in [1.29, 1.82) is 0 Å². The first-order valence-electron chi connectivity index (χ1n) is 6.77. The predicted octanol–water partition coefficient (Wildman–Crippen LogP) is 1.89. The number of carboxylic acids is 1. The van der Waals surface area contributed by atoms with E-state index in [9.17, 15) is 14.7 Å². The molecule has 1 aromatic rings. The van der Waals surface area contributed by atoms with Crippen molar-refractivity contribution < 1.29 is 19.4 Å². The largest absolute Gasteiger partial charge is 0.480 e. The quantitative estimate of drug-likeness (QED) is 0.857. The van der Waals surface area contributed by atoms with E-state index in [4.69, 9.17) is 4.74 Å². The van der Waals surface area contributed by atoms with Crippen molar-refractivity contribution in [1.82, 2.24) is 0 Å². The zero-order chi connectivity index (χ0) is 15.6. The summed E-state index contributed by atoms with van der Waals surface area (Å²) in [7, 11) is 0. The summed E-state index contributed by atoms with van der Waals surface area (Å²) in [5, 5.41) is 14.9. The van der Waals surface area contributed by atoms with Gasteiger partial charge in [-0.15, -0.1) is 0 Å². The zero-order valence-corrected chi connectivity index (χ0v) is 12.3. The molecule has 0 aromatic heterocycles. The number of benzene rings is 1. The van der Waals surface area contributed by atoms with Crippen LogP contribution in [0.2, 0.25) is 0 Å². The molecule has 1 aromatic carbocycles. The van der Waals surface area contributed by atoms with Gasteiger partial charge in [0, 0.05) is 6.42 Å². The lowest BCUT2D eigenvalue weighted by molar-refractivity contribution is -0.138. The van der Waals surface area contributed by atoms with Gasteiger partial charge in [-0.2, -0.15) is 5.10 Å². The van der Waals surface area contributed by atoms with Crippen LogP contribution < -0.4 is 5.01 Å². The maximum absolute atomic E-state index is 11.8. The number of aliphatic carboxylic acids is 1. The van der Waals surface area contributed by atoms with Gasteiger partial charge in [0.05, 0.1) is 12.3 Å². The summed E-state index contributed by atoms with van der Waals surface area (Å²) in [6.07, 6.45) is 0.0428. The monoisotopic (exact) mass is 290 g/mol. The summed E-state index contributed by atoms with van der Waals surface area (Å²) in [5.74, 6) is -1.58. The van der Waals surface area contributed by atoms with E-state index in [2.05, 4.69) is 5.10 Å². The van der Waals surface area contributed by atoms with Gasteiger partial charge in [-0.1, -0.05) is 6.07 Å². The molecule has 2 rings (SSSR count). The molecule has 0 spiro atoms. The van der Waals surface area contributed by atoms with Crippen molar-refractivity contribution in [3.63, 3.8) is 0 Å². The normalized spacial score (nSPS) is 17.6. The highest BCUT2D eigenvalue weighted by molar-refractivity contribution is 6.38. The number of carbonyl (C=O) groups excluding carboxylic acids is 1. The standard InChI is InChI=1S/C15H18N2O4/c1-4-21-15(20)12-8-13(14(18)19)17(16-12)11-6-9(2)5-10(3)7-11/h5-7,13H,4,8H2,1-3H3,(H,18,19)/t13-/m1/s1. The first kappa shape index (κ1) is 15.0. The van der Waals surface area contributed by atoms with Gasteiger partial charge >= 0.3 is 11.9 Å². The lowest BCUT2D eigenvalue weighted by atomic mass is 10.1. The van der Waals surface area contributed by atoms with Crippen molar-refractivity contribution in [2.75, 3.05) is 11.6 Å². The lowest BCUT2D eigenvalue weighted by Gasteiger charge is -2.20. The molecular formula is C15H18N2O4. The van der Waals surface area contributed by atoms with Crippen molar-refractivity contribution in [3.8, 4) is 0 Å². The number of nitrogens with zero attached hydrogens (tertiary/aromatic N) is 2. The van der Waals surface area contributed by atoms with Crippen molar-refractivity contribution in [3.05, 3.63) is 29.3 Å². The number of rotatable bonds is 4. The molecule has 6 heteroatoms. The van der Waals surface area contributed by atoms with Crippen molar-refractivity contribution >= 4 is 23.3 Å². The van der Waals surface area contributed by atoms with Crippen LogP contribution >= 0.6 is 0 Å². The van der Waals surface area contributed by atoms with Crippen LogP contribution in [0.1, 0.15) is 24.5 Å². The second-order valence-electron chi connectivity index (χ2n) is 5.02. The number of hydrogen-bond donors (Lipinski definition) is 1. The molecule has 0 saturated carbocycles. The number of hydrazone groups is 1. The Balaban J connectivity index is 2.37. The topological polar surface area (TPSA) is 79.2 Å². The fraction of sp³-hybridized carbons (Fsp3) is 0.400. The highest BCUT2D eigenvalue weighted by Gasteiger charge is 2.36. The van der Waals surface area contributed by atoms with E-state index in [1.165, 1.54) is 5.01 Å². The summed E-state index contributed by atoms with van der Waals surface area (Å²) in [4.78, 5) is 23.2. The van der Waals surface area contributed by atoms with E-state index >= 15 is 0 Å². The molecule has 0 bridgehead atoms. The van der Waals surface area contributed by atoms with Crippen molar-refractivity contribution in [2.45, 2.75) is 33.2 Å². The Morgan fingerprint density at radius 2 is 1.95 bits per heavy atom. The molecule has 112 valence electrons. The molecule has 0 fully saturated rings. The Labute approximate surface area is 123 Å². The van der Waals surface area contributed by atoms with Crippen LogP contribution in [-0.2, 0) is 14.3 Å². The van der Waals surface area contributed by atoms with E-state index in [0.29, 0.717) is 5.69 Å². The van der Waals surface area contributed by atoms with Gasteiger partial charge in [0.1, 0.15) is 5.71 Å². The number of anilines is 1. The summed E-state index contributed by atoms with van der Waals surface area (Å²) < 4.78 is 4.90. The van der Waals surface area contributed by atoms with E-state index in [-0.39, 0.29) is 18.7 Å². The molecule has 0 amide bonds. The fourth-order valence-electron chi connectivity index (χ4n) is 2.36. The number of hydrogen-bond acceptors (Lipinski definition) is 5. The Bertz CT molecular complexity index is 589. The van der Waals surface area contributed by atoms with Gasteiger partial charge in [0.15, 0.2) is 6.04 Å². The van der Waals surface area contributed by atoms with E-state index in [1.54, 1.807) is 6.92 Å². The average Bonchev–Trinajstić information content (AvgIpc) is 2.83. The Morgan fingerprint density at radius 3 is 2.48 bits per heavy atom. The minimum atomic E-state index is -1.02. The first-order chi connectivity index (χ1) is 9.92. The van der Waals surface area contributed by atoms with E-state index in [0.717, 1.165) is 11.1 Å². The van der Waals surface area contributed by atoms with Crippen LogP contribution in [0.4, 0.5) is 5.69 Å². The van der Waals surface area contributed by atoms with Crippen LogP contribution in [0.3, 0.4) is 0 Å². The van der Waals surface area contributed by atoms with Crippen LogP contribution in [0, 0.1) is 13.8 Å². The molecule has 1 atom stereocenters. The number of esters is 1.